The molecule has 0 aliphatic carbocycles. The molecule has 6 heteroatoms. The van der Waals surface area contributed by atoms with Crippen molar-refractivity contribution in [2.75, 3.05) is 32.6 Å². The van der Waals surface area contributed by atoms with Crippen LogP contribution in [0, 0.1) is 0 Å². The number of hydrogen-bond donors (Lipinski definition) is 1. The first kappa shape index (κ1) is 17.0. The van der Waals surface area contributed by atoms with E-state index in [0.717, 1.165) is 16.9 Å². The highest BCUT2D eigenvalue weighted by atomic mass is 16.2. The molecule has 1 atom stereocenters. The average Bonchev–Trinajstić information content (AvgIpc) is 2.63. The van der Waals surface area contributed by atoms with Crippen LogP contribution in [0.4, 0.5) is 5.82 Å². The summed E-state index contributed by atoms with van der Waals surface area (Å²) in [5.74, 6) is 0.347. The lowest BCUT2D eigenvalue weighted by molar-refractivity contribution is -0.123. The molecule has 0 spiro atoms. The molecule has 0 saturated heterocycles. The summed E-state index contributed by atoms with van der Waals surface area (Å²) in [6.07, 6.45) is 1.73. The summed E-state index contributed by atoms with van der Waals surface area (Å²) < 4.78 is 0. The van der Waals surface area contributed by atoms with Crippen LogP contribution in [-0.2, 0) is 11.3 Å². The molecule has 1 N–H and O–H groups in total. The van der Waals surface area contributed by atoms with E-state index in [1.807, 2.05) is 49.3 Å². The molecule has 25 heavy (non-hydrogen) atoms. The standard InChI is InChI=1S/C19H22N4O2/c1-22(2)17-13(7-6-10-20-17)11-21-18(24)16-12-23(3)19(25)15-9-5-4-8-14(15)16/h4-10,16H,11-12H2,1-3H3,(H,21,24). The van der Waals surface area contributed by atoms with E-state index in [2.05, 4.69) is 10.3 Å². The van der Waals surface area contributed by atoms with Gasteiger partial charge in [0.05, 0.1) is 5.92 Å². The number of benzene rings is 1. The number of carbonyl (C=O) groups is 2. The first-order chi connectivity index (χ1) is 12.0. The first-order valence-corrected chi connectivity index (χ1v) is 8.22. The highest BCUT2D eigenvalue weighted by Crippen LogP contribution is 2.27. The number of carbonyl (C=O) groups excluding carboxylic acids is 2. The van der Waals surface area contributed by atoms with E-state index < -0.39 is 0 Å². The third kappa shape index (κ3) is 3.33. The summed E-state index contributed by atoms with van der Waals surface area (Å²) in [7, 11) is 5.57. The largest absolute Gasteiger partial charge is 0.362 e. The van der Waals surface area contributed by atoms with Gasteiger partial charge in [-0.15, -0.1) is 0 Å². The maximum atomic E-state index is 12.8. The minimum Gasteiger partial charge on any atom is -0.362 e. The third-order valence-electron chi connectivity index (χ3n) is 4.43. The molecule has 1 unspecified atom stereocenters. The van der Waals surface area contributed by atoms with Gasteiger partial charge in [0.25, 0.3) is 5.91 Å². The highest BCUT2D eigenvalue weighted by Gasteiger charge is 2.33. The number of anilines is 1. The quantitative estimate of drug-likeness (QED) is 0.920. The topological polar surface area (TPSA) is 65.5 Å². The van der Waals surface area contributed by atoms with Crippen LogP contribution in [0.2, 0.25) is 0 Å². The number of fused-ring (bicyclic) bond motifs is 1. The van der Waals surface area contributed by atoms with Crippen molar-refractivity contribution < 1.29 is 9.59 Å². The van der Waals surface area contributed by atoms with Crippen LogP contribution in [0.15, 0.2) is 42.6 Å². The lowest BCUT2D eigenvalue weighted by Crippen LogP contribution is -2.43. The first-order valence-electron chi connectivity index (χ1n) is 8.22. The minimum atomic E-state index is -0.363. The Balaban J connectivity index is 1.79. The van der Waals surface area contributed by atoms with Crippen molar-refractivity contribution in [3.8, 4) is 0 Å². The Kier molecular flexibility index (Phi) is 4.70. The fraction of sp³-hybridized carbons (Fsp3) is 0.316. The normalized spacial score (nSPS) is 16.4. The summed E-state index contributed by atoms with van der Waals surface area (Å²) in [5.41, 5.74) is 2.35. The van der Waals surface area contributed by atoms with Gasteiger partial charge in [-0.05, 0) is 17.7 Å². The van der Waals surface area contributed by atoms with E-state index in [1.165, 1.54) is 0 Å². The smallest absolute Gasteiger partial charge is 0.253 e. The van der Waals surface area contributed by atoms with Crippen molar-refractivity contribution in [2.24, 2.45) is 0 Å². The SMILES string of the molecule is CN1CC(C(=O)NCc2cccnc2N(C)C)c2ccccc2C1=O. The van der Waals surface area contributed by atoms with E-state index in [4.69, 9.17) is 0 Å². The van der Waals surface area contributed by atoms with Gasteiger partial charge in [0.2, 0.25) is 5.91 Å². The zero-order valence-electron chi connectivity index (χ0n) is 14.7. The van der Waals surface area contributed by atoms with Gasteiger partial charge in [0.15, 0.2) is 0 Å². The summed E-state index contributed by atoms with van der Waals surface area (Å²) in [6.45, 7) is 0.784. The molecule has 2 amide bonds. The maximum Gasteiger partial charge on any atom is 0.253 e. The van der Waals surface area contributed by atoms with Gasteiger partial charge < -0.3 is 15.1 Å². The lowest BCUT2D eigenvalue weighted by atomic mass is 9.89. The molecule has 0 bridgehead atoms. The van der Waals surface area contributed by atoms with E-state index in [9.17, 15) is 9.59 Å². The number of hydrogen-bond acceptors (Lipinski definition) is 4. The van der Waals surface area contributed by atoms with Gasteiger partial charge in [-0.3, -0.25) is 9.59 Å². The van der Waals surface area contributed by atoms with E-state index in [0.29, 0.717) is 18.7 Å². The molecule has 0 fully saturated rings. The second kappa shape index (κ2) is 6.93. The van der Waals surface area contributed by atoms with Crippen LogP contribution < -0.4 is 10.2 Å². The summed E-state index contributed by atoms with van der Waals surface area (Å²) >= 11 is 0. The number of pyridine rings is 1. The van der Waals surface area contributed by atoms with E-state index in [1.54, 1.807) is 24.2 Å². The predicted octanol–water partition coefficient (Wildman–Crippen LogP) is 1.63. The average molecular weight is 338 g/mol. The molecule has 3 rings (SSSR count). The molecule has 2 aromatic rings. The van der Waals surface area contributed by atoms with Gasteiger partial charge in [-0.2, -0.15) is 0 Å². The van der Waals surface area contributed by atoms with Crippen molar-refractivity contribution >= 4 is 17.6 Å². The zero-order valence-corrected chi connectivity index (χ0v) is 14.7. The molecular weight excluding hydrogens is 316 g/mol. The molecule has 1 aliphatic rings. The molecule has 1 aromatic heterocycles. The molecule has 2 heterocycles. The molecule has 1 aromatic carbocycles. The van der Waals surface area contributed by atoms with Crippen LogP contribution in [-0.4, -0.2) is 49.4 Å². The predicted molar refractivity (Wildman–Crippen MR) is 96.6 cm³/mol. The van der Waals surface area contributed by atoms with Crippen LogP contribution in [0.25, 0.3) is 0 Å². The van der Waals surface area contributed by atoms with Crippen LogP contribution in [0.5, 0.6) is 0 Å². The Morgan fingerprint density at radius 3 is 2.80 bits per heavy atom. The van der Waals surface area contributed by atoms with Gasteiger partial charge in [-0.1, -0.05) is 24.3 Å². The minimum absolute atomic E-state index is 0.0400. The molecule has 0 radical (unpaired) electrons. The van der Waals surface area contributed by atoms with Crippen LogP contribution in [0.3, 0.4) is 0 Å². The van der Waals surface area contributed by atoms with Crippen molar-refractivity contribution in [3.63, 3.8) is 0 Å². The van der Waals surface area contributed by atoms with E-state index >= 15 is 0 Å². The summed E-state index contributed by atoms with van der Waals surface area (Å²) in [4.78, 5) is 32.9. The van der Waals surface area contributed by atoms with Gasteiger partial charge in [0, 0.05) is 51.6 Å². The monoisotopic (exact) mass is 338 g/mol. The fourth-order valence-electron chi connectivity index (χ4n) is 3.16. The summed E-state index contributed by atoms with van der Waals surface area (Å²) in [6, 6.07) is 11.1. The second-order valence-corrected chi connectivity index (χ2v) is 6.42. The van der Waals surface area contributed by atoms with Gasteiger partial charge in [0.1, 0.15) is 5.82 Å². The van der Waals surface area contributed by atoms with Crippen molar-refractivity contribution in [2.45, 2.75) is 12.5 Å². The van der Waals surface area contributed by atoms with Crippen LogP contribution >= 0.6 is 0 Å². The second-order valence-electron chi connectivity index (χ2n) is 6.42. The Labute approximate surface area is 147 Å². The molecule has 130 valence electrons. The number of likely N-dealkylation sites (N-methyl/N-ethyl adjacent to an activating group) is 1. The van der Waals surface area contributed by atoms with Crippen molar-refractivity contribution in [3.05, 3.63) is 59.3 Å². The Bertz CT molecular complexity index is 804. The number of nitrogens with one attached hydrogen (secondary N) is 1. The fourth-order valence-corrected chi connectivity index (χ4v) is 3.16. The van der Waals surface area contributed by atoms with Crippen molar-refractivity contribution in [1.29, 1.82) is 0 Å². The number of aromatic nitrogens is 1. The zero-order chi connectivity index (χ0) is 18.0. The molecule has 1 aliphatic heterocycles. The maximum absolute atomic E-state index is 12.8. The third-order valence-corrected chi connectivity index (χ3v) is 4.43. The Morgan fingerprint density at radius 1 is 1.28 bits per heavy atom. The van der Waals surface area contributed by atoms with Gasteiger partial charge in [-0.25, -0.2) is 4.98 Å². The number of nitrogens with zero attached hydrogens (tertiary/aromatic N) is 3. The molecule has 6 nitrogen and oxygen atoms in total. The van der Waals surface area contributed by atoms with Crippen LogP contribution in [0.1, 0.15) is 27.4 Å². The Hall–Kier alpha value is -2.89. The highest BCUT2D eigenvalue weighted by molar-refractivity contribution is 6.00. The molecular formula is C19H22N4O2. The van der Waals surface area contributed by atoms with E-state index in [-0.39, 0.29) is 17.7 Å². The van der Waals surface area contributed by atoms with Gasteiger partial charge >= 0.3 is 0 Å². The van der Waals surface area contributed by atoms with Crippen molar-refractivity contribution in [1.82, 2.24) is 15.2 Å². The lowest BCUT2D eigenvalue weighted by Gasteiger charge is -2.31. The number of rotatable bonds is 4. The molecule has 0 saturated carbocycles. The number of amides is 2. The Morgan fingerprint density at radius 2 is 2.04 bits per heavy atom. The summed E-state index contributed by atoms with van der Waals surface area (Å²) in [5, 5.41) is 3.00.